The summed E-state index contributed by atoms with van der Waals surface area (Å²) in [5.41, 5.74) is 2.66. The molecule has 1 N–H and O–H groups in total. The number of fused-ring (bicyclic) bond motifs is 1. The molecule has 2 rings (SSSR count). The van der Waals surface area contributed by atoms with Crippen molar-refractivity contribution in [1.82, 2.24) is 10.2 Å². The zero-order chi connectivity index (χ0) is 14.5. The number of halogens is 1. The van der Waals surface area contributed by atoms with E-state index in [0.717, 1.165) is 49.2 Å². The number of hydrogen-bond acceptors (Lipinski definition) is 3. The normalized spacial score (nSPS) is 15.2. The fourth-order valence-electron chi connectivity index (χ4n) is 2.75. The number of rotatable bonds is 7. The standard InChI is InChI=1S/C16H25BrN2O/c1-4-6-18-15(11-19(2)3)10-13-9-14(17)8-12-5-7-20-16(12)13/h8-9,15,18H,4-7,10-11H2,1-3H3. The average molecular weight is 341 g/mol. The lowest BCUT2D eigenvalue weighted by molar-refractivity contribution is 0.327. The fourth-order valence-corrected chi connectivity index (χ4v) is 3.31. The number of benzene rings is 1. The van der Waals surface area contributed by atoms with Gasteiger partial charge in [0.15, 0.2) is 0 Å². The van der Waals surface area contributed by atoms with Gasteiger partial charge >= 0.3 is 0 Å². The molecule has 0 amide bonds. The minimum atomic E-state index is 0.465. The Labute approximate surface area is 130 Å². The monoisotopic (exact) mass is 340 g/mol. The van der Waals surface area contributed by atoms with Crippen LogP contribution in [0.1, 0.15) is 24.5 Å². The highest BCUT2D eigenvalue weighted by Gasteiger charge is 2.20. The lowest BCUT2D eigenvalue weighted by Gasteiger charge is -2.23. The van der Waals surface area contributed by atoms with E-state index >= 15 is 0 Å². The predicted octanol–water partition coefficient (Wildman–Crippen LogP) is 2.86. The molecule has 1 atom stereocenters. The zero-order valence-corrected chi connectivity index (χ0v) is 14.3. The average Bonchev–Trinajstić information content (AvgIpc) is 2.83. The van der Waals surface area contributed by atoms with Gasteiger partial charge in [-0.15, -0.1) is 0 Å². The van der Waals surface area contributed by atoms with Gasteiger partial charge in [0.25, 0.3) is 0 Å². The first-order chi connectivity index (χ1) is 9.60. The molecule has 0 radical (unpaired) electrons. The van der Waals surface area contributed by atoms with E-state index in [1.165, 1.54) is 11.1 Å². The fraction of sp³-hybridized carbons (Fsp3) is 0.625. The number of nitrogens with one attached hydrogen (secondary N) is 1. The summed E-state index contributed by atoms with van der Waals surface area (Å²) < 4.78 is 7.00. The first-order valence-electron chi connectivity index (χ1n) is 7.42. The van der Waals surface area contributed by atoms with E-state index in [4.69, 9.17) is 4.74 Å². The van der Waals surface area contributed by atoms with Crippen molar-refractivity contribution in [2.45, 2.75) is 32.2 Å². The molecular formula is C16H25BrN2O. The van der Waals surface area contributed by atoms with Crippen molar-refractivity contribution in [2.75, 3.05) is 33.8 Å². The van der Waals surface area contributed by atoms with E-state index in [1.807, 2.05) is 0 Å². The van der Waals surface area contributed by atoms with Gasteiger partial charge in [-0.1, -0.05) is 22.9 Å². The van der Waals surface area contributed by atoms with Crippen LogP contribution in [-0.4, -0.2) is 44.7 Å². The highest BCUT2D eigenvalue weighted by molar-refractivity contribution is 9.10. The van der Waals surface area contributed by atoms with E-state index in [-0.39, 0.29) is 0 Å². The van der Waals surface area contributed by atoms with Crippen LogP contribution in [-0.2, 0) is 12.8 Å². The molecule has 1 aliphatic rings. The minimum absolute atomic E-state index is 0.465. The molecule has 1 aromatic rings. The SMILES string of the molecule is CCCNC(Cc1cc(Br)cc2c1OCC2)CN(C)C. The summed E-state index contributed by atoms with van der Waals surface area (Å²) in [7, 11) is 4.25. The van der Waals surface area contributed by atoms with Crippen molar-refractivity contribution in [3.05, 3.63) is 27.7 Å². The molecule has 1 heterocycles. The summed E-state index contributed by atoms with van der Waals surface area (Å²) in [5, 5.41) is 3.65. The molecule has 1 aliphatic heterocycles. The Morgan fingerprint density at radius 2 is 2.20 bits per heavy atom. The zero-order valence-electron chi connectivity index (χ0n) is 12.7. The first kappa shape index (κ1) is 15.8. The maximum atomic E-state index is 5.83. The van der Waals surface area contributed by atoms with Crippen LogP contribution in [0.25, 0.3) is 0 Å². The van der Waals surface area contributed by atoms with Crippen molar-refractivity contribution in [2.24, 2.45) is 0 Å². The number of nitrogens with zero attached hydrogens (tertiary/aromatic N) is 1. The molecule has 4 heteroatoms. The maximum Gasteiger partial charge on any atom is 0.125 e. The van der Waals surface area contributed by atoms with Gasteiger partial charge in [0.05, 0.1) is 6.61 Å². The van der Waals surface area contributed by atoms with Crippen molar-refractivity contribution in [3.63, 3.8) is 0 Å². The highest BCUT2D eigenvalue weighted by atomic mass is 79.9. The van der Waals surface area contributed by atoms with Crippen LogP contribution >= 0.6 is 15.9 Å². The number of hydrogen-bond donors (Lipinski definition) is 1. The summed E-state index contributed by atoms with van der Waals surface area (Å²) in [6.07, 6.45) is 3.21. The summed E-state index contributed by atoms with van der Waals surface area (Å²) in [6, 6.07) is 4.86. The molecule has 0 saturated carbocycles. The maximum absolute atomic E-state index is 5.83. The Balaban J connectivity index is 2.13. The van der Waals surface area contributed by atoms with Gasteiger partial charge in [0, 0.05) is 23.5 Å². The molecule has 3 nitrogen and oxygen atoms in total. The summed E-state index contributed by atoms with van der Waals surface area (Å²) in [5.74, 6) is 1.12. The van der Waals surface area contributed by atoms with Gasteiger partial charge in [0.2, 0.25) is 0 Å². The Kier molecular flexibility index (Phi) is 5.87. The number of likely N-dealkylation sites (N-methyl/N-ethyl adjacent to an activating group) is 1. The molecule has 1 unspecified atom stereocenters. The smallest absolute Gasteiger partial charge is 0.125 e. The predicted molar refractivity (Wildman–Crippen MR) is 87.7 cm³/mol. The van der Waals surface area contributed by atoms with Crippen molar-refractivity contribution < 1.29 is 4.74 Å². The number of ether oxygens (including phenoxy) is 1. The van der Waals surface area contributed by atoms with Crippen molar-refractivity contribution in [3.8, 4) is 5.75 Å². The summed E-state index contributed by atoms with van der Waals surface area (Å²) in [4.78, 5) is 2.24. The van der Waals surface area contributed by atoms with Gasteiger partial charge in [-0.3, -0.25) is 0 Å². The Morgan fingerprint density at radius 1 is 1.40 bits per heavy atom. The van der Waals surface area contributed by atoms with Gasteiger partial charge < -0.3 is 15.0 Å². The molecule has 0 spiro atoms. The second-order valence-corrected chi connectivity index (χ2v) is 6.68. The molecule has 112 valence electrons. The third kappa shape index (κ3) is 4.21. The minimum Gasteiger partial charge on any atom is -0.493 e. The van der Waals surface area contributed by atoms with Gasteiger partial charge in [-0.25, -0.2) is 0 Å². The van der Waals surface area contributed by atoms with E-state index in [1.54, 1.807) is 0 Å². The summed E-state index contributed by atoms with van der Waals surface area (Å²) >= 11 is 3.62. The van der Waals surface area contributed by atoms with Crippen LogP contribution in [0.2, 0.25) is 0 Å². The van der Waals surface area contributed by atoms with Crippen LogP contribution in [0.15, 0.2) is 16.6 Å². The molecule has 0 aliphatic carbocycles. The quantitative estimate of drug-likeness (QED) is 0.825. The van der Waals surface area contributed by atoms with Crippen LogP contribution in [0, 0.1) is 0 Å². The van der Waals surface area contributed by atoms with E-state index in [0.29, 0.717) is 6.04 Å². The Bertz CT molecular complexity index is 448. The Hall–Kier alpha value is -0.580. The third-order valence-corrected chi connectivity index (χ3v) is 4.02. The molecule has 20 heavy (non-hydrogen) atoms. The largest absolute Gasteiger partial charge is 0.493 e. The molecule has 0 aromatic heterocycles. The molecule has 1 aromatic carbocycles. The molecule has 0 fully saturated rings. The molecule has 0 saturated heterocycles. The van der Waals surface area contributed by atoms with Crippen LogP contribution in [0.3, 0.4) is 0 Å². The molecule has 0 bridgehead atoms. The van der Waals surface area contributed by atoms with Crippen LogP contribution < -0.4 is 10.1 Å². The van der Waals surface area contributed by atoms with Crippen molar-refractivity contribution in [1.29, 1.82) is 0 Å². The van der Waals surface area contributed by atoms with Gasteiger partial charge in [-0.2, -0.15) is 0 Å². The van der Waals surface area contributed by atoms with E-state index in [2.05, 4.69) is 59.3 Å². The topological polar surface area (TPSA) is 24.5 Å². The second-order valence-electron chi connectivity index (χ2n) is 5.77. The second kappa shape index (κ2) is 7.43. The van der Waals surface area contributed by atoms with Crippen molar-refractivity contribution >= 4 is 15.9 Å². The van der Waals surface area contributed by atoms with E-state index < -0.39 is 0 Å². The van der Waals surface area contributed by atoms with Gasteiger partial charge in [-0.05, 0) is 56.7 Å². The highest BCUT2D eigenvalue weighted by Crippen LogP contribution is 2.33. The lowest BCUT2D eigenvalue weighted by Crippen LogP contribution is -2.40. The van der Waals surface area contributed by atoms with E-state index in [9.17, 15) is 0 Å². The summed E-state index contributed by atoms with van der Waals surface area (Å²) in [6.45, 7) is 5.13. The molecular weight excluding hydrogens is 316 g/mol. The third-order valence-electron chi connectivity index (χ3n) is 3.56. The first-order valence-corrected chi connectivity index (χ1v) is 8.21. The van der Waals surface area contributed by atoms with Gasteiger partial charge in [0.1, 0.15) is 5.75 Å². The van der Waals surface area contributed by atoms with Crippen LogP contribution in [0.5, 0.6) is 5.75 Å². The lowest BCUT2D eigenvalue weighted by atomic mass is 10.0. The van der Waals surface area contributed by atoms with Crippen LogP contribution in [0.4, 0.5) is 0 Å². The Morgan fingerprint density at radius 3 is 2.90 bits per heavy atom.